The molecule has 1 atom stereocenters. The van der Waals surface area contributed by atoms with Gasteiger partial charge in [-0.3, -0.25) is 4.79 Å². The molecule has 2 aromatic rings. The topological polar surface area (TPSA) is 85.3 Å². The fraction of sp³-hybridized carbons (Fsp3) is 0.471. The summed E-state index contributed by atoms with van der Waals surface area (Å²) in [6, 6.07) is 6.22. The van der Waals surface area contributed by atoms with Crippen molar-refractivity contribution in [3.05, 3.63) is 40.2 Å². The first kappa shape index (κ1) is 16.5. The molecule has 5 nitrogen and oxygen atoms in total. The van der Waals surface area contributed by atoms with E-state index < -0.39 is 6.10 Å². The number of phenols is 1. The van der Waals surface area contributed by atoms with E-state index in [9.17, 15) is 15.0 Å². The SMILES string of the molecule is CCCCCCNCC(O)c1ccc(O)c2[nH]c(=O)ccc12. The van der Waals surface area contributed by atoms with Gasteiger partial charge in [0.2, 0.25) is 5.56 Å². The van der Waals surface area contributed by atoms with Crippen molar-refractivity contribution in [3.63, 3.8) is 0 Å². The van der Waals surface area contributed by atoms with Gasteiger partial charge in [0, 0.05) is 18.0 Å². The summed E-state index contributed by atoms with van der Waals surface area (Å²) in [5.74, 6) is 0.0103. The fourth-order valence-electron chi connectivity index (χ4n) is 2.58. The second-order valence-corrected chi connectivity index (χ2v) is 5.57. The molecule has 0 aliphatic heterocycles. The number of aromatic amines is 1. The minimum Gasteiger partial charge on any atom is -0.506 e. The molecule has 0 aliphatic carbocycles. The maximum Gasteiger partial charge on any atom is 0.248 e. The Hall–Kier alpha value is -1.85. The molecule has 1 aromatic carbocycles. The Labute approximate surface area is 130 Å². The van der Waals surface area contributed by atoms with Crippen LogP contribution in [0.1, 0.15) is 44.3 Å². The van der Waals surface area contributed by atoms with Crippen LogP contribution in [-0.2, 0) is 0 Å². The second-order valence-electron chi connectivity index (χ2n) is 5.57. The molecule has 0 saturated heterocycles. The quantitative estimate of drug-likeness (QED) is 0.564. The third-order valence-electron chi connectivity index (χ3n) is 3.81. The molecule has 120 valence electrons. The van der Waals surface area contributed by atoms with Gasteiger partial charge in [-0.1, -0.05) is 32.3 Å². The number of benzene rings is 1. The van der Waals surface area contributed by atoms with Gasteiger partial charge in [0.25, 0.3) is 0 Å². The molecule has 0 fully saturated rings. The van der Waals surface area contributed by atoms with Crippen LogP contribution in [0.25, 0.3) is 10.9 Å². The van der Waals surface area contributed by atoms with Crippen molar-refractivity contribution in [2.45, 2.75) is 38.7 Å². The summed E-state index contributed by atoms with van der Waals surface area (Å²) in [5, 5.41) is 24.1. The number of aromatic nitrogens is 1. The number of phenolic OH excluding ortho intramolecular Hbond substituents is 1. The third kappa shape index (κ3) is 4.08. The number of pyridine rings is 1. The Morgan fingerprint density at radius 1 is 1.18 bits per heavy atom. The van der Waals surface area contributed by atoms with E-state index in [0.717, 1.165) is 13.0 Å². The lowest BCUT2D eigenvalue weighted by molar-refractivity contribution is 0.176. The zero-order valence-corrected chi connectivity index (χ0v) is 12.9. The lowest BCUT2D eigenvalue weighted by atomic mass is 10.0. The first-order chi connectivity index (χ1) is 10.6. The summed E-state index contributed by atoms with van der Waals surface area (Å²) >= 11 is 0. The van der Waals surface area contributed by atoms with Crippen LogP contribution >= 0.6 is 0 Å². The lowest BCUT2D eigenvalue weighted by Crippen LogP contribution is -2.22. The van der Waals surface area contributed by atoms with Crippen molar-refractivity contribution < 1.29 is 10.2 Å². The number of hydrogen-bond donors (Lipinski definition) is 4. The summed E-state index contributed by atoms with van der Waals surface area (Å²) in [4.78, 5) is 14.0. The molecule has 0 saturated carbocycles. The van der Waals surface area contributed by atoms with Crippen LogP contribution in [0.4, 0.5) is 0 Å². The molecule has 4 N–H and O–H groups in total. The van der Waals surface area contributed by atoms with E-state index in [1.165, 1.54) is 31.4 Å². The van der Waals surface area contributed by atoms with E-state index in [2.05, 4.69) is 17.2 Å². The number of nitrogens with one attached hydrogen (secondary N) is 2. The Balaban J connectivity index is 2.04. The molecule has 5 heteroatoms. The van der Waals surface area contributed by atoms with Crippen LogP contribution in [0.15, 0.2) is 29.1 Å². The van der Waals surface area contributed by atoms with Gasteiger partial charge in [-0.15, -0.1) is 0 Å². The largest absolute Gasteiger partial charge is 0.506 e. The van der Waals surface area contributed by atoms with E-state index in [0.29, 0.717) is 23.0 Å². The predicted octanol–water partition coefficient (Wildman–Crippen LogP) is 2.44. The highest BCUT2D eigenvalue weighted by molar-refractivity contribution is 5.87. The number of aliphatic hydroxyl groups is 1. The number of aromatic hydroxyl groups is 1. The molecule has 1 heterocycles. The molecule has 22 heavy (non-hydrogen) atoms. The van der Waals surface area contributed by atoms with Gasteiger partial charge in [-0.2, -0.15) is 0 Å². The fourth-order valence-corrected chi connectivity index (χ4v) is 2.58. The minimum atomic E-state index is -0.680. The van der Waals surface area contributed by atoms with Gasteiger partial charge < -0.3 is 20.5 Å². The van der Waals surface area contributed by atoms with E-state index in [1.807, 2.05) is 0 Å². The van der Waals surface area contributed by atoms with Crippen LogP contribution in [0.5, 0.6) is 5.75 Å². The summed E-state index contributed by atoms with van der Waals surface area (Å²) in [6.07, 6.45) is 4.06. The van der Waals surface area contributed by atoms with Gasteiger partial charge in [0.05, 0.1) is 11.6 Å². The van der Waals surface area contributed by atoms with Gasteiger partial charge in [0.1, 0.15) is 5.75 Å². The van der Waals surface area contributed by atoms with Gasteiger partial charge >= 0.3 is 0 Å². The number of fused-ring (bicyclic) bond motifs is 1. The van der Waals surface area contributed by atoms with Crippen molar-refractivity contribution >= 4 is 10.9 Å². The molecule has 0 amide bonds. The molecular formula is C17H24N2O3. The second kappa shape index (κ2) is 7.96. The van der Waals surface area contributed by atoms with Crippen LogP contribution < -0.4 is 10.9 Å². The molecule has 0 radical (unpaired) electrons. The van der Waals surface area contributed by atoms with Crippen LogP contribution in [-0.4, -0.2) is 28.3 Å². The summed E-state index contributed by atoms with van der Waals surface area (Å²) in [7, 11) is 0. The molecule has 0 spiro atoms. The number of rotatable bonds is 8. The Morgan fingerprint density at radius 2 is 2.00 bits per heavy atom. The monoisotopic (exact) mass is 304 g/mol. The van der Waals surface area contributed by atoms with Gasteiger partial charge in [0.15, 0.2) is 0 Å². The Bertz CT molecular complexity index is 666. The van der Waals surface area contributed by atoms with Crippen molar-refractivity contribution in [3.8, 4) is 5.75 Å². The van der Waals surface area contributed by atoms with Crippen molar-refractivity contribution in [2.75, 3.05) is 13.1 Å². The summed E-state index contributed by atoms with van der Waals surface area (Å²) in [5.41, 5.74) is 0.792. The van der Waals surface area contributed by atoms with E-state index in [4.69, 9.17) is 0 Å². The first-order valence-electron chi connectivity index (χ1n) is 7.87. The van der Waals surface area contributed by atoms with Crippen molar-refractivity contribution in [2.24, 2.45) is 0 Å². The zero-order valence-electron chi connectivity index (χ0n) is 12.9. The smallest absolute Gasteiger partial charge is 0.248 e. The standard InChI is InChI=1S/C17H24N2O3/c1-2-3-4-5-10-18-11-15(21)12-6-8-14(20)17-13(12)7-9-16(22)19-17/h6-9,15,18,20-21H,2-5,10-11H2,1H3,(H,19,22). The average Bonchev–Trinajstić information content (AvgIpc) is 2.51. The van der Waals surface area contributed by atoms with E-state index in [-0.39, 0.29) is 11.3 Å². The molecule has 1 unspecified atom stereocenters. The van der Waals surface area contributed by atoms with Crippen LogP contribution in [0.2, 0.25) is 0 Å². The maximum atomic E-state index is 11.4. The van der Waals surface area contributed by atoms with Crippen LogP contribution in [0.3, 0.4) is 0 Å². The summed E-state index contributed by atoms with van der Waals surface area (Å²) < 4.78 is 0. The molecule has 2 rings (SSSR count). The van der Waals surface area contributed by atoms with Crippen molar-refractivity contribution in [1.82, 2.24) is 10.3 Å². The number of unbranched alkanes of at least 4 members (excludes halogenated alkanes) is 3. The zero-order chi connectivity index (χ0) is 15.9. The highest BCUT2D eigenvalue weighted by atomic mass is 16.3. The van der Waals surface area contributed by atoms with E-state index >= 15 is 0 Å². The predicted molar refractivity (Wildman–Crippen MR) is 88.2 cm³/mol. The third-order valence-corrected chi connectivity index (χ3v) is 3.81. The normalized spacial score (nSPS) is 12.6. The molecule has 0 bridgehead atoms. The molecule has 0 aliphatic rings. The van der Waals surface area contributed by atoms with Gasteiger partial charge in [-0.25, -0.2) is 0 Å². The minimum absolute atomic E-state index is 0.0103. The first-order valence-corrected chi connectivity index (χ1v) is 7.87. The van der Waals surface area contributed by atoms with Crippen LogP contribution in [0, 0.1) is 0 Å². The van der Waals surface area contributed by atoms with Crippen molar-refractivity contribution in [1.29, 1.82) is 0 Å². The Kier molecular flexibility index (Phi) is 5.98. The highest BCUT2D eigenvalue weighted by Crippen LogP contribution is 2.28. The average molecular weight is 304 g/mol. The summed E-state index contributed by atoms with van der Waals surface area (Å²) in [6.45, 7) is 3.51. The Morgan fingerprint density at radius 3 is 2.77 bits per heavy atom. The molecular weight excluding hydrogens is 280 g/mol. The lowest BCUT2D eigenvalue weighted by Gasteiger charge is -2.15. The number of aliphatic hydroxyl groups excluding tert-OH is 1. The van der Waals surface area contributed by atoms with Gasteiger partial charge in [-0.05, 0) is 30.7 Å². The molecule has 1 aromatic heterocycles. The number of H-pyrrole nitrogens is 1. The number of hydrogen-bond acceptors (Lipinski definition) is 4. The van der Waals surface area contributed by atoms with E-state index in [1.54, 1.807) is 12.1 Å². The highest BCUT2D eigenvalue weighted by Gasteiger charge is 2.13. The maximum absolute atomic E-state index is 11.4.